The van der Waals surface area contributed by atoms with E-state index in [1.165, 1.54) is 10.6 Å². The summed E-state index contributed by atoms with van der Waals surface area (Å²) >= 11 is 0. The Morgan fingerprint density at radius 3 is 2.31 bits per heavy atom. The second-order valence-corrected chi connectivity index (χ2v) is 8.53. The number of aromatic carboxylic acids is 1. The van der Waals surface area contributed by atoms with Crippen molar-refractivity contribution in [2.24, 2.45) is 12.2 Å². The van der Waals surface area contributed by atoms with Crippen LogP contribution in [0.3, 0.4) is 0 Å². The number of hydrogen-bond donors (Lipinski definition) is 2. The Hall–Kier alpha value is -4.45. The topological polar surface area (TPSA) is 91.9 Å². The van der Waals surface area contributed by atoms with Crippen molar-refractivity contribution in [3.8, 4) is 11.1 Å². The molecule has 0 spiro atoms. The number of carboxylic acid groups (broad SMARTS) is 1. The van der Waals surface area contributed by atoms with Crippen molar-refractivity contribution in [3.05, 3.63) is 129 Å². The fourth-order valence-corrected chi connectivity index (χ4v) is 4.30. The van der Waals surface area contributed by atoms with Crippen molar-refractivity contribution < 1.29 is 15.1 Å². The van der Waals surface area contributed by atoms with Crippen LogP contribution in [0.15, 0.2) is 101 Å². The van der Waals surface area contributed by atoms with Gasteiger partial charge in [-0.2, -0.15) is 0 Å². The molecule has 1 atom stereocenters. The van der Waals surface area contributed by atoms with Gasteiger partial charge in [0.1, 0.15) is 0 Å². The highest BCUT2D eigenvalue weighted by Crippen LogP contribution is 2.33. The van der Waals surface area contributed by atoms with Gasteiger partial charge in [-0.05, 0) is 52.9 Å². The molecule has 1 aromatic heterocycles. The van der Waals surface area contributed by atoms with E-state index in [9.17, 15) is 19.9 Å². The number of benzene rings is 3. The first kappa shape index (κ1) is 23.7. The lowest BCUT2D eigenvalue weighted by atomic mass is 9.83. The molecule has 0 amide bonds. The van der Waals surface area contributed by atoms with Crippen molar-refractivity contribution in [3.63, 3.8) is 0 Å². The molecule has 0 saturated heterocycles. The highest BCUT2D eigenvalue weighted by molar-refractivity contribution is 6.00. The number of rotatable bonds is 7. The minimum absolute atomic E-state index is 0.0984. The molecule has 3 aromatic carbocycles. The van der Waals surface area contributed by atoms with Crippen LogP contribution in [0.1, 0.15) is 45.0 Å². The van der Waals surface area contributed by atoms with Crippen molar-refractivity contribution in [1.82, 2.24) is 4.57 Å². The third-order valence-corrected chi connectivity index (χ3v) is 6.26. The molecule has 0 saturated carbocycles. The maximum Gasteiger partial charge on any atom is 0.335 e. The lowest BCUT2D eigenvalue weighted by molar-refractivity contribution is 0.0697. The largest absolute Gasteiger partial charge is 0.478 e. The van der Waals surface area contributed by atoms with Crippen LogP contribution in [0.5, 0.6) is 0 Å². The lowest BCUT2D eigenvalue weighted by Gasteiger charge is -2.21. The number of carbonyl (C=O) groups is 1. The molecule has 35 heavy (non-hydrogen) atoms. The van der Waals surface area contributed by atoms with Crippen LogP contribution >= 0.6 is 0 Å². The van der Waals surface area contributed by atoms with Gasteiger partial charge in [0.25, 0.3) is 0 Å². The van der Waals surface area contributed by atoms with E-state index in [1.54, 1.807) is 37.5 Å². The SMILES string of the molecule is Cc1ccccc1C(C/C(=N\O)c1ccc(=O)n(C)c1)c1ccc(-c2cccc(C(=O)O)c2)cc1. The van der Waals surface area contributed by atoms with Crippen LogP contribution in [-0.4, -0.2) is 26.6 Å². The minimum atomic E-state index is -0.961. The molecule has 0 aliphatic heterocycles. The molecule has 0 aliphatic carbocycles. The number of oxime groups is 1. The fourth-order valence-electron chi connectivity index (χ4n) is 4.30. The summed E-state index contributed by atoms with van der Waals surface area (Å²) in [6, 6.07) is 26.1. The molecule has 6 heteroatoms. The summed E-state index contributed by atoms with van der Waals surface area (Å²) < 4.78 is 1.46. The number of carboxylic acids is 1. The summed E-state index contributed by atoms with van der Waals surface area (Å²) in [7, 11) is 1.66. The Kier molecular flexibility index (Phi) is 6.92. The first-order chi connectivity index (χ1) is 16.9. The zero-order valence-electron chi connectivity index (χ0n) is 19.6. The standard InChI is InChI=1S/C29H26N2O4/c1-19-6-3-4-9-25(19)26(17-27(30-35)24-14-15-28(32)31(2)18-24)21-12-10-20(11-13-21)22-7-5-8-23(16-22)29(33)34/h3-16,18,26,35H,17H2,1-2H3,(H,33,34)/b30-27+. The summed E-state index contributed by atoms with van der Waals surface area (Å²) in [6.07, 6.45) is 2.10. The van der Waals surface area contributed by atoms with Gasteiger partial charge in [0, 0.05) is 37.2 Å². The molecule has 1 unspecified atom stereocenters. The van der Waals surface area contributed by atoms with Crippen LogP contribution in [0.4, 0.5) is 0 Å². The highest BCUT2D eigenvalue weighted by Gasteiger charge is 2.21. The molecule has 4 rings (SSSR count). The predicted octanol–water partition coefficient (Wildman–Crippen LogP) is 5.46. The number of pyridine rings is 1. The fraction of sp³-hybridized carbons (Fsp3) is 0.138. The number of aryl methyl sites for hydroxylation is 2. The van der Waals surface area contributed by atoms with Crippen molar-refractivity contribution >= 4 is 11.7 Å². The second kappa shape index (κ2) is 10.2. The zero-order valence-corrected chi connectivity index (χ0v) is 19.6. The van der Waals surface area contributed by atoms with Crippen molar-refractivity contribution in [2.75, 3.05) is 0 Å². The van der Waals surface area contributed by atoms with E-state index in [2.05, 4.69) is 24.2 Å². The summed E-state index contributed by atoms with van der Waals surface area (Å²) in [4.78, 5) is 23.2. The number of aromatic nitrogens is 1. The van der Waals surface area contributed by atoms with E-state index in [4.69, 9.17) is 0 Å². The van der Waals surface area contributed by atoms with Gasteiger partial charge < -0.3 is 14.9 Å². The Morgan fingerprint density at radius 2 is 1.66 bits per heavy atom. The average molecular weight is 467 g/mol. The van der Waals surface area contributed by atoms with Crippen LogP contribution in [0.2, 0.25) is 0 Å². The molecule has 4 aromatic rings. The van der Waals surface area contributed by atoms with Gasteiger partial charge in [-0.15, -0.1) is 0 Å². The summed E-state index contributed by atoms with van der Waals surface area (Å²) in [5.41, 5.74) is 6.26. The highest BCUT2D eigenvalue weighted by atomic mass is 16.4. The van der Waals surface area contributed by atoms with E-state index < -0.39 is 5.97 Å². The molecular formula is C29H26N2O4. The number of hydrogen-bond acceptors (Lipinski definition) is 4. The summed E-state index contributed by atoms with van der Waals surface area (Å²) in [5, 5.41) is 22.8. The molecule has 1 heterocycles. The summed E-state index contributed by atoms with van der Waals surface area (Å²) in [5.74, 6) is -1.06. The van der Waals surface area contributed by atoms with E-state index in [0.29, 0.717) is 17.7 Å². The molecule has 6 nitrogen and oxygen atoms in total. The van der Waals surface area contributed by atoms with Crippen LogP contribution in [0, 0.1) is 6.92 Å². The molecular weight excluding hydrogens is 440 g/mol. The van der Waals surface area contributed by atoms with Crippen molar-refractivity contribution in [2.45, 2.75) is 19.3 Å². The molecule has 0 aliphatic rings. The first-order valence-electron chi connectivity index (χ1n) is 11.2. The smallest absolute Gasteiger partial charge is 0.335 e. The Balaban J connectivity index is 1.73. The molecule has 176 valence electrons. The second-order valence-electron chi connectivity index (χ2n) is 8.53. The monoisotopic (exact) mass is 466 g/mol. The maximum atomic E-state index is 11.8. The maximum absolute atomic E-state index is 11.8. The minimum Gasteiger partial charge on any atom is -0.478 e. The average Bonchev–Trinajstić information content (AvgIpc) is 2.87. The Labute approximate surface area is 203 Å². The van der Waals surface area contributed by atoms with Gasteiger partial charge in [-0.25, -0.2) is 4.79 Å². The summed E-state index contributed by atoms with van der Waals surface area (Å²) in [6.45, 7) is 2.05. The van der Waals surface area contributed by atoms with Crippen molar-refractivity contribution in [1.29, 1.82) is 0 Å². The zero-order chi connectivity index (χ0) is 24.9. The van der Waals surface area contributed by atoms with E-state index in [-0.39, 0.29) is 17.0 Å². The third-order valence-electron chi connectivity index (χ3n) is 6.26. The van der Waals surface area contributed by atoms with Gasteiger partial charge in [0.2, 0.25) is 5.56 Å². The van der Waals surface area contributed by atoms with Gasteiger partial charge in [-0.3, -0.25) is 4.79 Å². The molecule has 0 bridgehead atoms. The van der Waals surface area contributed by atoms with E-state index >= 15 is 0 Å². The lowest BCUT2D eigenvalue weighted by Crippen LogP contribution is -2.18. The third kappa shape index (κ3) is 5.22. The van der Waals surface area contributed by atoms with E-state index in [1.807, 2.05) is 42.5 Å². The van der Waals surface area contributed by atoms with Gasteiger partial charge >= 0.3 is 5.97 Å². The van der Waals surface area contributed by atoms with Crippen LogP contribution in [-0.2, 0) is 7.05 Å². The van der Waals surface area contributed by atoms with Crippen LogP contribution < -0.4 is 5.56 Å². The molecule has 2 N–H and O–H groups in total. The quantitative estimate of drug-likeness (QED) is 0.215. The first-order valence-corrected chi connectivity index (χ1v) is 11.2. The van der Waals surface area contributed by atoms with Gasteiger partial charge in [0.05, 0.1) is 11.3 Å². The molecule has 0 fully saturated rings. The van der Waals surface area contributed by atoms with Crippen LogP contribution in [0.25, 0.3) is 11.1 Å². The van der Waals surface area contributed by atoms with Gasteiger partial charge in [-0.1, -0.05) is 65.8 Å². The molecule has 0 radical (unpaired) electrons. The Bertz CT molecular complexity index is 1450. The number of nitrogens with zero attached hydrogens (tertiary/aromatic N) is 2. The normalized spacial score (nSPS) is 12.3. The Morgan fingerprint density at radius 1 is 0.914 bits per heavy atom. The van der Waals surface area contributed by atoms with Gasteiger partial charge in [0.15, 0.2) is 0 Å². The predicted molar refractivity (Wildman–Crippen MR) is 136 cm³/mol. The van der Waals surface area contributed by atoms with E-state index in [0.717, 1.165) is 27.8 Å².